The van der Waals surface area contributed by atoms with Gasteiger partial charge in [-0.3, -0.25) is 0 Å². The summed E-state index contributed by atoms with van der Waals surface area (Å²) in [6.07, 6.45) is 6.69. The molecule has 2 rings (SSSR count). The van der Waals surface area contributed by atoms with Gasteiger partial charge in [0, 0.05) is 5.92 Å². The van der Waals surface area contributed by atoms with E-state index in [1.165, 1.54) is 0 Å². The van der Waals surface area contributed by atoms with Crippen LogP contribution in [0.3, 0.4) is 0 Å². The molecule has 3 N–H and O–H groups in total. The highest BCUT2D eigenvalue weighted by Gasteiger charge is 2.07. The fraction of sp³-hybridized carbons (Fsp3) is 0.360. The molecule has 0 fully saturated rings. The topological polar surface area (TPSA) is 69.9 Å². The molecule has 0 aliphatic heterocycles. The number of ether oxygens (including phenoxy) is 1. The quantitative estimate of drug-likeness (QED) is 0.513. The first kappa shape index (κ1) is 22.9. The molecule has 0 aliphatic carbocycles. The summed E-state index contributed by atoms with van der Waals surface area (Å²) in [5.41, 5.74) is 4.68. The number of benzene rings is 2. The fourth-order valence-corrected chi connectivity index (χ4v) is 3.14. The Hall–Kier alpha value is -2.40. The Morgan fingerprint density at radius 3 is 2.48 bits per heavy atom. The lowest BCUT2D eigenvalue weighted by atomic mass is 9.99. The number of aliphatic hydroxyl groups is 3. The van der Waals surface area contributed by atoms with Gasteiger partial charge in [0.05, 0.1) is 19.3 Å². The highest BCUT2D eigenvalue weighted by molar-refractivity contribution is 5.65. The van der Waals surface area contributed by atoms with Crippen LogP contribution in [0.1, 0.15) is 49.4 Å². The van der Waals surface area contributed by atoms with Crippen molar-refractivity contribution in [3.8, 4) is 5.75 Å². The van der Waals surface area contributed by atoms with Gasteiger partial charge in [-0.25, -0.2) is 0 Å². The number of rotatable bonds is 10. The normalized spacial score (nSPS) is 14.2. The van der Waals surface area contributed by atoms with Gasteiger partial charge in [-0.1, -0.05) is 49.4 Å². The average Bonchev–Trinajstić information content (AvgIpc) is 2.74. The van der Waals surface area contributed by atoms with E-state index in [9.17, 15) is 15.3 Å². The predicted molar refractivity (Wildman–Crippen MR) is 117 cm³/mol. The molecule has 2 aromatic rings. The molecule has 2 atom stereocenters. The Kier molecular flexibility index (Phi) is 9.13. The molecule has 2 aromatic carbocycles. The first-order valence-corrected chi connectivity index (χ1v) is 10.1. The van der Waals surface area contributed by atoms with Gasteiger partial charge in [-0.05, 0) is 66.3 Å². The van der Waals surface area contributed by atoms with Gasteiger partial charge in [0.1, 0.15) is 12.4 Å². The summed E-state index contributed by atoms with van der Waals surface area (Å²) in [4.78, 5) is 0. The van der Waals surface area contributed by atoms with Crippen molar-refractivity contribution in [2.45, 2.75) is 53.1 Å². The number of aliphatic hydroxyl groups excluding tert-OH is 3. The van der Waals surface area contributed by atoms with Crippen LogP contribution in [-0.2, 0) is 19.8 Å². The van der Waals surface area contributed by atoms with E-state index in [1.54, 1.807) is 18.2 Å². The lowest BCUT2D eigenvalue weighted by Gasteiger charge is -2.12. The third-order valence-corrected chi connectivity index (χ3v) is 5.10. The Bertz CT molecular complexity index is 836. The van der Waals surface area contributed by atoms with Gasteiger partial charge in [-0.2, -0.15) is 0 Å². The molecule has 4 heteroatoms. The Labute approximate surface area is 173 Å². The van der Waals surface area contributed by atoms with Crippen molar-refractivity contribution in [3.63, 3.8) is 0 Å². The van der Waals surface area contributed by atoms with Gasteiger partial charge < -0.3 is 20.1 Å². The van der Waals surface area contributed by atoms with Crippen LogP contribution >= 0.6 is 0 Å². The summed E-state index contributed by atoms with van der Waals surface area (Å²) in [6, 6.07) is 13.5. The Morgan fingerprint density at radius 1 is 1.07 bits per heavy atom. The molecule has 0 bridgehead atoms. The molecule has 0 spiro atoms. The first-order valence-electron chi connectivity index (χ1n) is 10.1. The van der Waals surface area contributed by atoms with Crippen LogP contribution in [0, 0.1) is 5.92 Å². The van der Waals surface area contributed by atoms with Crippen molar-refractivity contribution < 1.29 is 20.1 Å². The molecule has 29 heavy (non-hydrogen) atoms. The zero-order chi connectivity index (χ0) is 21.2. The third-order valence-electron chi connectivity index (χ3n) is 5.10. The van der Waals surface area contributed by atoms with Crippen molar-refractivity contribution in [3.05, 3.63) is 82.9 Å². The lowest BCUT2D eigenvalue weighted by molar-refractivity contribution is 0.147. The van der Waals surface area contributed by atoms with Crippen LogP contribution in [0.4, 0.5) is 0 Å². The van der Waals surface area contributed by atoms with Crippen molar-refractivity contribution in [2.75, 3.05) is 0 Å². The summed E-state index contributed by atoms with van der Waals surface area (Å²) >= 11 is 0. The predicted octanol–water partition coefficient (Wildman–Crippen LogP) is 4.62. The SMILES string of the molecule is CCC(/C=C/C=C(\C)c1cccc(COc2ccc(CO)c(CO)c2)c1)C(C)O. The number of hydrogen-bond donors (Lipinski definition) is 3. The minimum atomic E-state index is -0.344. The van der Waals surface area contributed by atoms with Gasteiger partial charge in [0.15, 0.2) is 0 Å². The zero-order valence-corrected chi connectivity index (χ0v) is 17.5. The lowest BCUT2D eigenvalue weighted by Crippen LogP contribution is -2.12. The van der Waals surface area contributed by atoms with E-state index >= 15 is 0 Å². The van der Waals surface area contributed by atoms with E-state index in [0.29, 0.717) is 23.5 Å². The minimum Gasteiger partial charge on any atom is -0.489 e. The summed E-state index contributed by atoms with van der Waals surface area (Å²) < 4.78 is 5.87. The maximum atomic E-state index is 9.73. The molecule has 0 aromatic heterocycles. The number of hydrogen-bond acceptors (Lipinski definition) is 4. The van der Waals surface area contributed by atoms with E-state index in [0.717, 1.165) is 23.1 Å². The molecule has 0 heterocycles. The maximum absolute atomic E-state index is 9.73. The molecule has 0 aliphatic rings. The first-order chi connectivity index (χ1) is 14.0. The molecule has 156 valence electrons. The van der Waals surface area contributed by atoms with Crippen LogP contribution < -0.4 is 4.74 Å². The van der Waals surface area contributed by atoms with E-state index in [1.807, 2.05) is 25.1 Å². The summed E-state index contributed by atoms with van der Waals surface area (Å²) in [7, 11) is 0. The van der Waals surface area contributed by atoms with E-state index < -0.39 is 0 Å². The van der Waals surface area contributed by atoms with Gasteiger partial charge in [-0.15, -0.1) is 0 Å². The van der Waals surface area contributed by atoms with Gasteiger partial charge in [0.2, 0.25) is 0 Å². The number of allylic oxidation sites excluding steroid dienone is 3. The monoisotopic (exact) mass is 396 g/mol. The van der Waals surface area contributed by atoms with E-state index in [2.05, 4.69) is 38.1 Å². The van der Waals surface area contributed by atoms with Crippen molar-refractivity contribution in [1.82, 2.24) is 0 Å². The van der Waals surface area contributed by atoms with Crippen molar-refractivity contribution >= 4 is 5.57 Å². The molecule has 0 saturated heterocycles. The molecule has 4 nitrogen and oxygen atoms in total. The zero-order valence-electron chi connectivity index (χ0n) is 17.5. The maximum Gasteiger partial charge on any atom is 0.120 e. The second-order valence-electron chi connectivity index (χ2n) is 7.28. The molecule has 2 unspecified atom stereocenters. The summed E-state index contributed by atoms with van der Waals surface area (Å²) in [6.45, 7) is 6.14. The Balaban J connectivity index is 2.05. The molecule has 0 radical (unpaired) electrons. The minimum absolute atomic E-state index is 0.103. The second-order valence-corrected chi connectivity index (χ2v) is 7.28. The molecule has 0 amide bonds. The van der Waals surface area contributed by atoms with Crippen molar-refractivity contribution in [2.24, 2.45) is 5.92 Å². The second kappa shape index (κ2) is 11.6. The van der Waals surface area contributed by atoms with Crippen molar-refractivity contribution in [1.29, 1.82) is 0 Å². The largest absolute Gasteiger partial charge is 0.489 e. The van der Waals surface area contributed by atoms with Crippen LogP contribution in [0.15, 0.2) is 60.7 Å². The molecular formula is C25H32O4. The third kappa shape index (κ3) is 6.86. The smallest absolute Gasteiger partial charge is 0.120 e. The molecular weight excluding hydrogens is 364 g/mol. The van der Waals surface area contributed by atoms with Crippen LogP contribution in [0.2, 0.25) is 0 Å². The fourth-order valence-electron chi connectivity index (χ4n) is 3.14. The standard InChI is InChI=1S/C25H32O4/c1-4-21(19(3)28)9-5-7-18(2)22-10-6-8-20(13-22)17-29-25-12-11-23(15-26)24(14-25)16-27/h5-14,19,21,26-28H,4,15-17H2,1-3H3/b9-5+,18-7+. The van der Waals surface area contributed by atoms with E-state index in [4.69, 9.17) is 4.74 Å². The summed E-state index contributed by atoms with van der Waals surface area (Å²) in [5, 5.41) is 28.4. The Morgan fingerprint density at radius 2 is 1.83 bits per heavy atom. The summed E-state index contributed by atoms with van der Waals surface area (Å²) in [5.74, 6) is 0.829. The average molecular weight is 397 g/mol. The van der Waals surface area contributed by atoms with Crippen LogP contribution in [-0.4, -0.2) is 21.4 Å². The molecule has 0 saturated carbocycles. The van der Waals surface area contributed by atoms with Crippen LogP contribution in [0.25, 0.3) is 5.57 Å². The van der Waals surface area contributed by atoms with Gasteiger partial charge in [0.25, 0.3) is 0 Å². The van der Waals surface area contributed by atoms with Gasteiger partial charge >= 0.3 is 0 Å². The van der Waals surface area contributed by atoms with Crippen LogP contribution in [0.5, 0.6) is 5.75 Å². The highest BCUT2D eigenvalue weighted by Crippen LogP contribution is 2.21. The highest BCUT2D eigenvalue weighted by atomic mass is 16.5. The van der Waals surface area contributed by atoms with E-state index in [-0.39, 0.29) is 25.2 Å².